The number of aromatic nitrogens is 1. The number of hydrogen-bond donors (Lipinski definition) is 3. The molecule has 25 heavy (non-hydrogen) atoms. The maximum atomic E-state index is 14.9. The van der Waals surface area contributed by atoms with Crippen LogP contribution in [0.4, 0.5) is 10.1 Å². The average Bonchev–Trinajstić information content (AvgIpc) is 2.53. The number of aromatic hydroxyl groups is 1. The molecule has 1 saturated heterocycles. The number of aromatic carboxylic acids is 1. The highest BCUT2D eigenvalue weighted by Gasteiger charge is 2.35. The van der Waals surface area contributed by atoms with Crippen LogP contribution in [0.3, 0.4) is 0 Å². The first-order valence-electron chi connectivity index (χ1n) is 7.81. The molecular formula is C16H16FN3O5. The third-order valence-electron chi connectivity index (χ3n) is 4.88. The molecular weight excluding hydrogens is 333 g/mol. The van der Waals surface area contributed by atoms with Gasteiger partial charge in [0.25, 0.3) is 0 Å². The molecule has 3 N–H and O–H groups in total. The highest BCUT2D eigenvalue weighted by atomic mass is 19.1. The largest absolute Gasteiger partial charge is 0.504 e. The standard InChI is InChI=1S/C16H16FN3O5/c1-18-3-2-8-12-10(14(22)9(16(24)25)6-20(12)18)15(23)11(17)13(8)19-4-7(21)5-19/h6-7,21,23H,2-5H2,1H3,(H,24,25). The van der Waals surface area contributed by atoms with Gasteiger partial charge in [0.2, 0.25) is 5.43 Å². The number of pyridine rings is 1. The first kappa shape index (κ1) is 15.7. The van der Waals surface area contributed by atoms with Gasteiger partial charge < -0.3 is 25.2 Å². The fourth-order valence-electron chi connectivity index (χ4n) is 3.58. The quantitative estimate of drug-likeness (QED) is 0.692. The second-order valence-corrected chi connectivity index (χ2v) is 6.43. The summed E-state index contributed by atoms with van der Waals surface area (Å²) in [6, 6.07) is 0. The SMILES string of the molecule is CN1CCc2c(N3CC(O)C3)c(F)c(O)c3c(=O)c(C(=O)O)cn1c23. The van der Waals surface area contributed by atoms with Crippen LogP contribution in [0.5, 0.6) is 5.75 Å². The fraction of sp³-hybridized carbons (Fsp3) is 0.375. The second kappa shape index (κ2) is 5.09. The van der Waals surface area contributed by atoms with E-state index in [0.717, 1.165) is 0 Å². The Labute approximate surface area is 140 Å². The third-order valence-corrected chi connectivity index (χ3v) is 4.88. The molecule has 132 valence electrons. The van der Waals surface area contributed by atoms with Crippen molar-refractivity contribution in [2.24, 2.45) is 0 Å². The zero-order valence-electron chi connectivity index (χ0n) is 13.4. The van der Waals surface area contributed by atoms with Gasteiger partial charge in [-0.05, 0) is 6.42 Å². The van der Waals surface area contributed by atoms with Crippen LogP contribution in [0.1, 0.15) is 15.9 Å². The molecule has 0 bridgehead atoms. The van der Waals surface area contributed by atoms with E-state index in [9.17, 15) is 29.3 Å². The number of carbonyl (C=O) groups is 1. The minimum absolute atomic E-state index is 0.166. The molecule has 2 aromatic rings. The number of aliphatic hydroxyl groups is 1. The van der Waals surface area contributed by atoms with Crippen LogP contribution in [0.25, 0.3) is 10.9 Å². The number of benzene rings is 1. The predicted molar refractivity (Wildman–Crippen MR) is 87.7 cm³/mol. The Morgan fingerprint density at radius 1 is 1.36 bits per heavy atom. The summed E-state index contributed by atoms with van der Waals surface area (Å²) in [7, 11) is 1.71. The number of β-amino-alcohol motifs (C(OH)–C–C–N with tert-alkyl or cyclic N) is 1. The molecule has 0 unspecified atom stereocenters. The van der Waals surface area contributed by atoms with E-state index in [2.05, 4.69) is 0 Å². The van der Waals surface area contributed by atoms with Crippen LogP contribution >= 0.6 is 0 Å². The van der Waals surface area contributed by atoms with Crippen LogP contribution in [-0.2, 0) is 6.42 Å². The topological polar surface area (TPSA) is 106 Å². The third kappa shape index (κ3) is 2.02. The maximum Gasteiger partial charge on any atom is 0.341 e. The van der Waals surface area contributed by atoms with Crippen molar-refractivity contribution >= 4 is 22.6 Å². The number of phenols is 1. The zero-order chi connectivity index (χ0) is 18.0. The van der Waals surface area contributed by atoms with Crippen LogP contribution in [-0.4, -0.2) is 58.8 Å². The second-order valence-electron chi connectivity index (χ2n) is 6.43. The van der Waals surface area contributed by atoms with E-state index in [1.54, 1.807) is 17.0 Å². The van der Waals surface area contributed by atoms with Crippen molar-refractivity contribution in [2.45, 2.75) is 12.5 Å². The Hall–Kier alpha value is -2.81. The fourth-order valence-corrected chi connectivity index (χ4v) is 3.58. The Morgan fingerprint density at radius 3 is 2.64 bits per heavy atom. The Kier molecular flexibility index (Phi) is 3.20. The number of phenolic OH excluding ortho intramolecular Hbond substituents is 1. The summed E-state index contributed by atoms with van der Waals surface area (Å²) in [5.41, 5.74) is -0.445. The summed E-state index contributed by atoms with van der Waals surface area (Å²) in [5.74, 6) is -3.25. The molecule has 4 rings (SSSR count). The normalized spacial score (nSPS) is 17.1. The molecule has 2 aliphatic rings. The van der Waals surface area contributed by atoms with E-state index >= 15 is 0 Å². The van der Waals surface area contributed by atoms with Gasteiger partial charge in [-0.3, -0.25) is 9.47 Å². The van der Waals surface area contributed by atoms with Crippen molar-refractivity contribution in [3.63, 3.8) is 0 Å². The van der Waals surface area contributed by atoms with Crippen molar-refractivity contribution in [3.8, 4) is 5.75 Å². The van der Waals surface area contributed by atoms with E-state index in [0.29, 0.717) is 24.0 Å². The van der Waals surface area contributed by atoms with Gasteiger partial charge in [0, 0.05) is 38.4 Å². The van der Waals surface area contributed by atoms with Crippen molar-refractivity contribution < 1.29 is 24.5 Å². The number of halogens is 1. The molecule has 0 aliphatic carbocycles. The van der Waals surface area contributed by atoms with Crippen molar-refractivity contribution in [1.82, 2.24) is 4.68 Å². The minimum atomic E-state index is -1.44. The lowest BCUT2D eigenvalue weighted by molar-refractivity contribution is 0.0694. The number of hydrogen-bond acceptors (Lipinski definition) is 6. The summed E-state index contributed by atoms with van der Waals surface area (Å²) >= 11 is 0. The van der Waals surface area contributed by atoms with Crippen molar-refractivity contribution in [2.75, 3.05) is 36.6 Å². The van der Waals surface area contributed by atoms with E-state index in [-0.39, 0.29) is 24.2 Å². The molecule has 2 aliphatic heterocycles. The number of carboxylic acid groups (broad SMARTS) is 1. The number of carboxylic acids is 1. The number of aliphatic hydroxyl groups excluding tert-OH is 1. The molecule has 0 spiro atoms. The number of rotatable bonds is 2. The average molecular weight is 349 g/mol. The van der Waals surface area contributed by atoms with Gasteiger partial charge in [-0.15, -0.1) is 0 Å². The van der Waals surface area contributed by atoms with E-state index in [1.165, 1.54) is 10.9 Å². The molecule has 3 heterocycles. The highest BCUT2D eigenvalue weighted by Crippen LogP contribution is 2.41. The monoisotopic (exact) mass is 349 g/mol. The van der Waals surface area contributed by atoms with Crippen LogP contribution < -0.4 is 15.3 Å². The number of likely N-dealkylation sites (N-methyl/N-ethyl adjacent to an activating group) is 1. The molecule has 1 aromatic carbocycles. The van der Waals surface area contributed by atoms with Gasteiger partial charge in [-0.1, -0.05) is 0 Å². The highest BCUT2D eigenvalue weighted by molar-refractivity contribution is 5.99. The Morgan fingerprint density at radius 2 is 2.04 bits per heavy atom. The first-order chi connectivity index (χ1) is 11.8. The summed E-state index contributed by atoms with van der Waals surface area (Å²) < 4.78 is 16.3. The molecule has 0 amide bonds. The molecule has 0 saturated carbocycles. The van der Waals surface area contributed by atoms with Gasteiger partial charge in [-0.25, -0.2) is 9.18 Å². The molecule has 9 heteroatoms. The molecule has 0 radical (unpaired) electrons. The predicted octanol–water partition coefficient (Wildman–Crippen LogP) is -0.151. The maximum absolute atomic E-state index is 14.9. The smallest absolute Gasteiger partial charge is 0.341 e. The lowest BCUT2D eigenvalue weighted by Gasteiger charge is -2.41. The van der Waals surface area contributed by atoms with Gasteiger partial charge in [-0.2, -0.15) is 0 Å². The number of nitrogens with zero attached hydrogens (tertiary/aromatic N) is 3. The molecule has 8 nitrogen and oxygen atoms in total. The van der Waals surface area contributed by atoms with Crippen molar-refractivity contribution in [1.29, 1.82) is 0 Å². The summed E-state index contributed by atoms with van der Waals surface area (Å²) in [6.45, 7) is 0.960. The summed E-state index contributed by atoms with van der Waals surface area (Å²) in [5, 5.41) is 30.5. The molecule has 1 fully saturated rings. The van der Waals surface area contributed by atoms with Crippen LogP contribution in [0.15, 0.2) is 11.0 Å². The van der Waals surface area contributed by atoms with Crippen molar-refractivity contribution in [3.05, 3.63) is 33.4 Å². The minimum Gasteiger partial charge on any atom is -0.504 e. The van der Waals surface area contributed by atoms with Crippen LogP contribution in [0, 0.1) is 5.82 Å². The lowest BCUT2D eigenvalue weighted by Crippen LogP contribution is -2.52. The van der Waals surface area contributed by atoms with Gasteiger partial charge in [0.1, 0.15) is 5.56 Å². The first-order valence-corrected chi connectivity index (χ1v) is 7.81. The summed E-state index contributed by atoms with van der Waals surface area (Å²) in [4.78, 5) is 25.5. The Bertz CT molecular complexity index is 980. The zero-order valence-corrected chi connectivity index (χ0v) is 13.4. The summed E-state index contributed by atoms with van der Waals surface area (Å²) in [6.07, 6.45) is 1.06. The molecule has 1 aromatic heterocycles. The van der Waals surface area contributed by atoms with Crippen LogP contribution in [0.2, 0.25) is 0 Å². The lowest BCUT2D eigenvalue weighted by atomic mass is 9.97. The van der Waals surface area contributed by atoms with E-state index in [4.69, 9.17) is 0 Å². The van der Waals surface area contributed by atoms with Gasteiger partial charge in [0.05, 0.1) is 22.7 Å². The molecule has 0 atom stereocenters. The van der Waals surface area contributed by atoms with Gasteiger partial charge >= 0.3 is 5.97 Å². The Balaban J connectivity index is 2.14. The van der Waals surface area contributed by atoms with Gasteiger partial charge in [0.15, 0.2) is 11.6 Å². The van der Waals surface area contributed by atoms with E-state index in [1.807, 2.05) is 0 Å². The number of anilines is 1. The van der Waals surface area contributed by atoms with E-state index < -0.39 is 34.6 Å².